The van der Waals surface area contributed by atoms with Crippen LogP contribution < -0.4 is 14.2 Å². The molecule has 2 aromatic carbocycles. The van der Waals surface area contributed by atoms with Gasteiger partial charge in [0.1, 0.15) is 13.2 Å². The Hall–Kier alpha value is -1.76. The second-order valence-corrected chi connectivity index (χ2v) is 7.64. The third kappa shape index (κ3) is 4.20. The predicted molar refractivity (Wildman–Crippen MR) is 92.4 cm³/mol. The van der Waals surface area contributed by atoms with E-state index in [1.54, 1.807) is 6.07 Å². The van der Waals surface area contributed by atoms with E-state index in [-0.39, 0.29) is 4.90 Å². The van der Waals surface area contributed by atoms with Crippen LogP contribution in [-0.2, 0) is 16.4 Å². The molecule has 0 saturated heterocycles. The fourth-order valence-corrected chi connectivity index (χ4v) is 3.77. The summed E-state index contributed by atoms with van der Waals surface area (Å²) in [4.78, 5) is 0.175. The van der Waals surface area contributed by atoms with Gasteiger partial charge in [0, 0.05) is 17.6 Å². The molecule has 3 rings (SSSR count). The van der Waals surface area contributed by atoms with Crippen LogP contribution in [0.15, 0.2) is 47.4 Å². The maximum Gasteiger partial charge on any atom is 0.240 e. The second kappa shape index (κ2) is 7.42. The Labute approximate surface area is 146 Å². The van der Waals surface area contributed by atoms with Crippen molar-refractivity contribution < 1.29 is 17.9 Å². The number of hydrogen-bond donors (Lipinski definition) is 1. The Morgan fingerprint density at radius 3 is 2.62 bits per heavy atom. The second-order valence-electron chi connectivity index (χ2n) is 5.44. The first kappa shape index (κ1) is 17.1. The van der Waals surface area contributed by atoms with Crippen molar-refractivity contribution >= 4 is 21.6 Å². The van der Waals surface area contributed by atoms with E-state index in [1.807, 2.05) is 24.3 Å². The zero-order chi connectivity index (χ0) is 17.0. The molecule has 24 heavy (non-hydrogen) atoms. The van der Waals surface area contributed by atoms with Gasteiger partial charge in [0.15, 0.2) is 11.5 Å². The normalized spacial score (nSPS) is 13.7. The van der Waals surface area contributed by atoms with Crippen molar-refractivity contribution in [1.29, 1.82) is 0 Å². The van der Waals surface area contributed by atoms with Crippen molar-refractivity contribution in [1.82, 2.24) is 4.72 Å². The van der Waals surface area contributed by atoms with Crippen LogP contribution in [0.1, 0.15) is 12.0 Å². The Kier molecular flexibility index (Phi) is 5.28. The summed E-state index contributed by atoms with van der Waals surface area (Å²) in [7, 11) is -3.57. The zero-order valence-electron chi connectivity index (χ0n) is 13.0. The largest absolute Gasteiger partial charge is 0.486 e. The zero-order valence-corrected chi connectivity index (χ0v) is 14.6. The highest BCUT2D eigenvalue weighted by molar-refractivity contribution is 7.89. The van der Waals surface area contributed by atoms with Crippen molar-refractivity contribution in [2.24, 2.45) is 0 Å². The monoisotopic (exact) mass is 367 g/mol. The van der Waals surface area contributed by atoms with Gasteiger partial charge in [0.05, 0.1) is 4.90 Å². The molecule has 1 aliphatic rings. The predicted octanol–water partition coefficient (Wildman–Crippen LogP) is 3.02. The summed E-state index contributed by atoms with van der Waals surface area (Å²) in [5, 5.41) is 0.685. The van der Waals surface area contributed by atoms with Gasteiger partial charge >= 0.3 is 0 Å². The average molecular weight is 368 g/mol. The van der Waals surface area contributed by atoms with E-state index < -0.39 is 10.0 Å². The van der Waals surface area contributed by atoms with E-state index >= 15 is 0 Å². The molecular formula is C17H18ClNO4S. The molecule has 7 heteroatoms. The molecule has 1 aliphatic heterocycles. The quantitative estimate of drug-likeness (QED) is 0.797. The molecule has 0 saturated carbocycles. The molecule has 2 aromatic rings. The fourth-order valence-electron chi connectivity index (χ4n) is 2.47. The average Bonchev–Trinajstić information content (AvgIpc) is 2.58. The molecule has 0 fully saturated rings. The lowest BCUT2D eigenvalue weighted by Crippen LogP contribution is -2.25. The van der Waals surface area contributed by atoms with Crippen LogP contribution in [0.4, 0.5) is 0 Å². The Bertz CT molecular complexity index is 823. The van der Waals surface area contributed by atoms with Crippen molar-refractivity contribution in [3.05, 3.63) is 53.1 Å². The summed E-state index contributed by atoms with van der Waals surface area (Å²) >= 11 is 5.93. The summed E-state index contributed by atoms with van der Waals surface area (Å²) < 4.78 is 38.1. The molecule has 0 aliphatic carbocycles. The Morgan fingerprint density at radius 1 is 1.04 bits per heavy atom. The number of fused-ring (bicyclic) bond motifs is 1. The van der Waals surface area contributed by atoms with E-state index in [1.165, 1.54) is 12.1 Å². The lowest BCUT2D eigenvalue weighted by atomic mass is 10.1. The molecule has 0 spiro atoms. The van der Waals surface area contributed by atoms with Gasteiger partial charge in [0.2, 0.25) is 10.0 Å². The van der Waals surface area contributed by atoms with Crippen molar-refractivity contribution in [2.45, 2.75) is 17.7 Å². The van der Waals surface area contributed by atoms with Gasteiger partial charge in [-0.15, -0.1) is 0 Å². The molecular weight excluding hydrogens is 350 g/mol. The highest BCUT2D eigenvalue weighted by Crippen LogP contribution is 2.32. The van der Waals surface area contributed by atoms with Crippen LogP contribution in [0.25, 0.3) is 0 Å². The highest BCUT2D eigenvalue weighted by atomic mass is 35.5. The van der Waals surface area contributed by atoms with Crippen LogP contribution in [0.5, 0.6) is 11.5 Å². The number of aryl methyl sites for hydroxylation is 1. The van der Waals surface area contributed by atoms with Crippen LogP contribution in [-0.4, -0.2) is 28.2 Å². The molecule has 1 N–H and O–H groups in total. The van der Waals surface area contributed by atoms with E-state index in [9.17, 15) is 8.42 Å². The van der Waals surface area contributed by atoms with Gasteiger partial charge < -0.3 is 9.47 Å². The Morgan fingerprint density at radius 2 is 1.83 bits per heavy atom. The lowest BCUT2D eigenvalue weighted by Gasteiger charge is -2.18. The standard InChI is InChI=1S/C17H18ClNO4S/c18-14-5-1-3-13(11-14)4-2-8-19-24(20,21)15-6-7-16-17(12-15)23-10-9-22-16/h1,3,5-7,11-12,19H,2,4,8-10H2. The molecule has 1 heterocycles. The van der Waals surface area contributed by atoms with Gasteiger partial charge in [0.25, 0.3) is 0 Å². The van der Waals surface area contributed by atoms with Crippen molar-refractivity contribution in [2.75, 3.05) is 19.8 Å². The van der Waals surface area contributed by atoms with E-state index in [2.05, 4.69) is 4.72 Å². The summed E-state index contributed by atoms with van der Waals surface area (Å²) in [6.45, 7) is 1.24. The van der Waals surface area contributed by atoms with Crippen LogP contribution >= 0.6 is 11.6 Å². The Balaban J connectivity index is 1.58. The maximum atomic E-state index is 12.4. The third-order valence-corrected chi connectivity index (χ3v) is 5.34. The maximum absolute atomic E-state index is 12.4. The van der Waals surface area contributed by atoms with E-state index in [0.29, 0.717) is 42.7 Å². The lowest BCUT2D eigenvalue weighted by molar-refractivity contribution is 0.171. The van der Waals surface area contributed by atoms with Crippen LogP contribution in [0.2, 0.25) is 5.02 Å². The first-order valence-electron chi connectivity index (χ1n) is 7.68. The highest BCUT2D eigenvalue weighted by Gasteiger charge is 2.18. The number of benzene rings is 2. The number of nitrogens with one attached hydrogen (secondary N) is 1. The smallest absolute Gasteiger partial charge is 0.240 e. The number of hydrogen-bond acceptors (Lipinski definition) is 4. The van der Waals surface area contributed by atoms with Gasteiger partial charge in [-0.05, 0) is 42.7 Å². The van der Waals surface area contributed by atoms with Crippen LogP contribution in [0, 0.1) is 0 Å². The molecule has 5 nitrogen and oxygen atoms in total. The van der Waals surface area contributed by atoms with E-state index in [0.717, 1.165) is 12.0 Å². The van der Waals surface area contributed by atoms with Gasteiger partial charge in [-0.2, -0.15) is 0 Å². The number of sulfonamides is 1. The minimum absolute atomic E-state index is 0.175. The first-order chi connectivity index (χ1) is 11.5. The molecule has 0 aromatic heterocycles. The molecule has 0 amide bonds. The number of rotatable bonds is 6. The van der Waals surface area contributed by atoms with E-state index in [4.69, 9.17) is 21.1 Å². The molecule has 128 valence electrons. The molecule has 0 unspecified atom stereocenters. The summed E-state index contributed by atoms with van der Waals surface area (Å²) in [6, 6.07) is 12.2. The van der Waals surface area contributed by atoms with Gasteiger partial charge in [-0.3, -0.25) is 0 Å². The minimum atomic E-state index is -3.57. The van der Waals surface area contributed by atoms with Gasteiger partial charge in [-0.1, -0.05) is 23.7 Å². The summed E-state index contributed by atoms with van der Waals surface area (Å²) in [5.74, 6) is 1.03. The SMILES string of the molecule is O=S(=O)(NCCCc1cccc(Cl)c1)c1ccc2c(c1)OCCO2. The molecule has 0 atom stereocenters. The van der Waals surface area contributed by atoms with Gasteiger partial charge in [-0.25, -0.2) is 13.1 Å². The fraction of sp³-hybridized carbons (Fsp3) is 0.294. The summed E-state index contributed by atoms with van der Waals surface area (Å²) in [5.41, 5.74) is 1.08. The van der Waals surface area contributed by atoms with Crippen molar-refractivity contribution in [3.8, 4) is 11.5 Å². The first-order valence-corrected chi connectivity index (χ1v) is 9.54. The number of ether oxygens (including phenoxy) is 2. The topological polar surface area (TPSA) is 64.6 Å². The minimum Gasteiger partial charge on any atom is -0.486 e. The number of halogens is 1. The molecule has 0 radical (unpaired) electrons. The third-order valence-electron chi connectivity index (χ3n) is 3.65. The molecule has 0 bridgehead atoms. The van der Waals surface area contributed by atoms with Crippen molar-refractivity contribution in [3.63, 3.8) is 0 Å². The summed E-state index contributed by atoms with van der Waals surface area (Å²) in [6.07, 6.45) is 1.44. The van der Waals surface area contributed by atoms with Crippen LogP contribution in [0.3, 0.4) is 0 Å².